The van der Waals surface area contributed by atoms with Crippen LogP contribution in [0.5, 0.6) is 11.5 Å². The molecular weight excluding hydrogens is 328 g/mol. The molecule has 0 aliphatic carbocycles. The van der Waals surface area contributed by atoms with Gasteiger partial charge in [0.05, 0.1) is 7.11 Å². The number of benzene rings is 1. The van der Waals surface area contributed by atoms with Crippen LogP contribution in [0.1, 0.15) is 12.5 Å². The molecule has 1 fully saturated rings. The van der Waals surface area contributed by atoms with Crippen LogP contribution in [0.25, 0.3) is 6.08 Å². The number of phenols is 1. The predicted molar refractivity (Wildman–Crippen MR) is 76.3 cm³/mol. The van der Waals surface area contributed by atoms with Crippen molar-refractivity contribution in [2.24, 2.45) is 0 Å². The van der Waals surface area contributed by atoms with Gasteiger partial charge in [-0.2, -0.15) is 0 Å². The highest BCUT2D eigenvalue weighted by Crippen LogP contribution is 2.33. The van der Waals surface area contributed by atoms with Gasteiger partial charge in [0.1, 0.15) is 5.70 Å². The number of carbonyl (C=O) groups excluding carboxylic acids is 2. The summed E-state index contributed by atoms with van der Waals surface area (Å²) >= 11 is 3.29. The van der Waals surface area contributed by atoms with E-state index in [1.165, 1.54) is 19.3 Å². The van der Waals surface area contributed by atoms with E-state index in [0.29, 0.717) is 16.6 Å². The SMILES string of the molecule is CCN1C(=O)NC(=Cc2cc(OC)c(O)cc2Br)C1=O. The van der Waals surface area contributed by atoms with Gasteiger partial charge in [0.2, 0.25) is 0 Å². The summed E-state index contributed by atoms with van der Waals surface area (Å²) in [5.41, 5.74) is 0.798. The number of halogens is 1. The van der Waals surface area contributed by atoms with Crippen molar-refractivity contribution in [2.45, 2.75) is 6.92 Å². The molecule has 20 heavy (non-hydrogen) atoms. The molecule has 1 aliphatic heterocycles. The molecule has 2 rings (SSSR count). The molecule has 0 atom stereocenters. The Balaban J connectivity index is 2.41. The van der Waals surface area contributed by atoms with E-state index in [0.717, 1.165) is 4.90 Å². The van der Waals surface area contributed by atoms with Crippen LogP contribution < -0.4 is 10.1 Å². The molecule has 2 N–H and O–H groups in total. The monoisotopic (exact) mass is 340 g/mol. The normalized spacial score (nSPS) is 16.8. The van der Waals surface area contributed by atoms with Crippen molar-refractivity contribution in [3.05, 3.63) is 27.9 Å². The van der Waals surface area contributed by atoms with Gasteiger partial charge in [-0.25, -0.2) is 4.79 Å². The molecule has 0 saturated carbocycles. The van der Waals surface area contributed by atoms with E-state index >= 15 is 0 Å². The maximum Gasteiger partial charge on any atom is 0.328 e. The van der Waals surface area contributed by atoms with Crippen LogP contribution >= 0.6 is 15.9 Å². The summed E-state index contributed by atoms with van der Waals surface area (Å²) in [7, 11) is 1.43. The quantitative estimate of drug-likeness (QED) is 0.652. The zero-order valence-electron chi connectivity index (χ0n) is 10.9. The van der Waals surface area contributed by atoms with E-state index in [-0.39, 0.29) is 23.1 Å². The summed E-state index contributed by atoms with van der Waals surface area (Å²) in [5.74, 6) is -0.112. The highest BCUT2D eigenvalue weighted by atomic mass is 79.9. The third-order valence-corrected chi connectivity index (χ3v) is 3.56. The lowest BCUT2D eigenvalue weighted by atomic mass is 10.1. The molecule has 1 aliphatic rings. The van der Waals surface area contributed by atoms with Crippen molar-refractivity contribution in [3.8, 4) is 11.5 Å². The maximum absolute atomic E-state index is 12.0. The first-order valence-electron chi connectivity index (χ1n) is 5.89. The zero-order valence-corrected chi connectivity index (χ0v) is 12.5. The predicted octanol–water partition coefficient (Wildman–Crippen LogP) is 2.08. The van der Waals surface area contributed by atoms with E-state index in [2.05, 4.69) is 21.2 Å². The van der Waals surface area contributed by atoms with E-state index < -0.39 is 6.03 Å². The van der Waals surface area contributed by atoms with Gasteiger partial charge >= 0.3 is 6.03 Å². The number of phenolic OH excluding ortho intramolecular Hbond substituents is 1. The molecule has 1 heterocycles. The zero-order chi connectivity index (χ0) is 14.9. The minimum absolute atomic E-state index is 0.0153. The number of hydrogen-bond acceptors (Lipinski definition) is 4. The molecule has 0 radical (unpaired) electrons. The molecule has 106 valence electrons. The first-order valence-corrected chi connectivity index (χ1v) is 6.68. The number of rotatable bonds is 3. The molecule has 1 aromatic rings. The smallest absolute Gasteiger partial charge is 0.328 e. The number of aromatic hydroxyl groups is 1. The van der Waals surface area contributed by atoms with Gasteiger partial charge in [-0.3, -0.25) is 9.69 Å². The van der Waals surface area contributed by atoms with Crippen molar-refractivity contribution in [1.82, 2.24) is 10.2 Å². The van der Waals surface area contributed by atoms with Crippen LogP contribution in [0.3, 0.4) is 0 Å². The standard InChI is InChI=1S/C13H13BrN2O4/c1-3-16-12(18)9(15-13(16)19)4-7-5-11(20-2)10(17)6-8(7)14/h4-6,17H,3H2,1-2H3,(H,15,19). The number of methoxy groups -OCH3 is 1. The maximum atomic E-state index is 12.0. The Morgan fingerprint density at radius 3 is 2.70 bits per heavy atom. The second kappa shape index (κ2) is 5.54. The number of hydrogen-bond donors (Lipinski definition) is 2. The van der Waals surface area contributed by atoms with Crippen LogP contribution in [0.15, 0.2) is 22.3 Å². The number of nitrogens with one attached hydrogen (secondary N) is 1. The average Bonchev–Trinajstić information content (AvgIpc) is 2.67. The highest BCUT2D eigenvalue weighted by Gasteiger charge is 2.32. The summed E-state index contributed by atoms with van der Waals surface area (Å²) in [5, 5.41) is 12.1. The Morgan fingerprint density at radius 1 is 1.45 bits per heavy atom. The van der Waals surface area contributed by atoms with Crippen LogP contribution in [-0.4, -0.2) is 35.6 Å². The summed E-state index contributed by atoms with van der Waals surface area (Å²) < 4.78 is 5.60. The Morgan fingerprint density at radius 2 is 2.15 bits per heavy atom. The number of ether oxygens (including phenoxy) is 1. The molecule has 1 aromatic carbocycles. The highest BCUT2D eigenvalue weighted by molar-refractivity contribution is 9.10. The fraction of sp³-hybridized carbons (Fsp3) is 0.231. The summed E-state index contributed by atoms with van der Waals surface area (Å²) in [6.45, 7) is 2.03. The Bertz CT molecular complexity index is 613. The van der Waals surface area contributed by atoms with Gasteiger partial charge in [0.25, 0.3) is 5.91 Å². The molecule has 0 unspecified atom stereocenters. The van der Waals surface area contributed by atoms with Crippen molar-refractivity contribution in [2.75, 3.05) is 13.7 Å². The molecular formula is C13H13BrN2O4. The Labute approximate surface area is 124 Å². The topological polar surface area (TPSA) is 78.9 Å². The molecule has 3 amide bonds. The molecule has 1 saturated heterocycles. The third kappa shape index (κ3) is 2.49. The summed E-state index contributed by atoms with van der Waals surface area (Å²) in [6, 6.07) is 2.59. The van der Waals surface area contributed by atoms with Crippen molar-refractivity contribution >= 4 is 33.9 Å². The van der Waals surface area contributed by atoms with Crippen LogP contribution in [0.4, 0.5) is 4.79 Å². The van der Waals surface area contributed by atoms with E-state index in [1.54, 1.807) is 13.0 Å². The third-order valence-electron chi connectivity index (χ3n) is 2.88. The number of imide groups is 1. The molecule has 0 bridgehead atoms. The van der Waals surface area contributed by atoms with Gasteiger partial charge in [-0.05, 0) is 30.7 Å². The van der Waals surface area contributed by atoms with Crippen molar-refractivity contribution < 1.29 is 19.4 Å². The van der Waals surface area contributed by atoms with Crippen LogP contribution in [0, 0.1) is 0 Å². The Kier molecular flexibility index (Phi) is 3.99. The minimum Gasteiger partial charge on any atom is -0.504 e. The molecule has 7 heteroatoms. The van der Waals surface area contributed by atoms with Crippen LogP contribution in [0.2, 0.25) is 0 Å². The number of carbonyl (C=O) groups is 2. The van der Waals surface area contributed by atoms with Crippen molar-refractivity contribution in [3.63, 3.8) is 0 Å². The van der Waals surface area contributed by atoms with Gasteiger partial charge in [-0.1, -0.05) is 15.9 Å². The number of amides is 3. The average molecular weight is 341 g/mol. The van der Waals surface area contributed by atoms with Gasteiger partial charge in [0.15, 0.2) is 11.5 Å². The molecule has 0 aromatic heterocycles. The lowest BCUT2D eigenvalue weighted by Gasteiger charge is -2.07. The summed E-state index contributed by atoms with van der Waals surface area (Å²) in [4.78, 5) is 24.6. The van der Waals surface area contributed by atoms with E-state index in [9.17, 15) is 14.7 Å². The lowest BCUT2D eigenvalue weighted by Crippen LogP contribution is -2.30. The van der Waals surface area contributed by atoms with E-state index in [1.807, 2.05) is 0 Å². The van der Waals surface area contributed by atoms with Gasteiger partial charge in [0, 0.05) is 11.0 Å². The lowest BCUT2D eigenvalue weighted by molar-refractivity contribution is -0.122. The van der Waals surface area contributed by atoms with E-state index in [4.69, 9.17) is 4.74 Å². The second-order valence-corrected chi connectivity index (χ2v) is 4.94. The molecule has 6 nitrogen and oxygen atoms in total. The number of likely N-dealkylation sites (N-methyl/N-ethyl adjacent to an activating group) is 1. The number of nitrogens with zero attached hydrogens (tertiary/aromatic N) is 1. The summed E-state index contributed by atoms with van der Waals surface area (Å²) in [6.07, 6.45) is 1.53. The van der Waals surface area contributed by atoms with Gasteiger partial charge < -0.3 is 15.2 Å². The van der Waals surface area contributed by atoms with Crippen LogP contribution in [-0.2, 0) is 4.79 Å². The first-order chi connectivity index (χ1) is 9.47. The second-order valence-electron chi connectivity index (χ2n) is 4.08. The fourth-order valence-corrected chi connectivity index (χ4v) is 2.29. The van der Waals surface area contributed by atoms with Crippen molar-refractivity contribution in [1.29, 1.82) is 0 Å². The minimum atomic E-state index is -0.439. The van der Waals surface area contributed by atoms with Gasteiger partial charge in [-0.15, -0.1) is 0 Å². The Hall–Kier alpha value is -2.02. The molecule has 0 spiro atoms. The fourth-order valence-electron chi connectivity index (χ4n) is 1.85. The first kappa shape index (κ1) is 14.4. The largest absolute Gasteiger partial charge is 0.504 e. The number of urea groups is 1.